The predicted octanol–water partition coefficient (Wildman–Crippen LogP) is 3.31. The van der Waals surface area contributed by atoms with Crippen LogP contribution in [0.15, 0.2) is 42.6 Å². The molecule has 0 unspecified atom stereocenters. The Bertz CT molecular complexity index is 460. The number of anilines is 1. The molecule has 0 aliphatic heterocycles. The first kappa shape index (κ1) is 10.7. The fraction of sp³-hybridized carbons (Fsp3) is 0.214. The first-order valence-electron chi connectivity index (χ1n) is 5.47. The van der Waals surface area contributed by atoms with E-state index < -0.39 is 0 Å². The van der Waals surface area contributed by atoms with Crippen molar-refractivity contribution in [3.8, 4) is 0 Å². The second-order valence-electron chi connectivity index (χ2n) is 4.01. The van der Waals surface area contributed by atoms with Gasteiger partial charge in [0.1, 0.15) is 5.82 Å². The van der Waals surface area contributed by atoms with E-state index in [2.05, 4.69) is 54.5 Å². The Kier molecular flexibility index (Phi) is 3.20. The van der Waals surface area contributed by atoms with Crippen molar-refractivity contribution in [1.82, 2.24) is 4.98 Å². The molecule has 0 spiro atoms. The van der Waals surface area contributed by atoms with Gasteiger partial charge in [0.05, 0.1) is 0 Å². The highest BCUT2D eigenvalue weighted by molar-refractivity contribution is 5.43. The van der Waals surface area contributed by atoms with Gasteiger partial charge in [0.25, 0.3) is 0 Å². The van der Waals surface area contributed by atoms with E-state index in [1.807, 2.05) is 12.3 Å². The minimum Gasteiger partial charge on any atom is -0.366 e. The van der Waals surface area contributed by atoms with Gasteiger partial charge in [-0.3, -0.25) is 0 Å². The largest absolute Gasteiger partial charge is 0.366 e. The summed E-state index contributed by atoms with van der Waals surface area (Å²) in [6.07, 6.45) is 1.81. The number of aryl methyl sites for hydroxylation is 2. The van der Waals surface area contributed by atoms with E-state index >= 15 is 0 Å². The molecular weight excluding hydrogens is 196 g/mol. The van der Waals surface area contributed by atoms with Crippen LogP contribution in [-0.2, 0) is 6.54 Å². The maximum absolute atomic E-state index is 4.30. The molecule has 0 fully saturated rings. The number of benzene rings is 1. The lowest BCUT2D eigenvalue weighted by Crippen LogP contribution is -2.02. The van der Waals surface area contributed by atoms with Crippen molar-refractivity contribution in [2.45, 2.75) is 20.4 Å². The molecule has 2 heteroatoms. The Morgan fingerprint density at radius 1 is 1.06 bits per heavy atom. The zero-order valence-electron chi connectivity index (χ0n) is 9.70. The lowest BCUT2D eigenvalue weighted by molar-refractivity contribution is 1.09. The summed E-state index contributed by atoms with van der Waals surface area (Å²) in [5.41, 5.74) is 3.74. The number of rotatable bonds is 3. The van der Waals surface area contributed by atoms with Crippen LogP contribution in [0.3, 0.4) is 0 Å². The third-order valence-corrected chi connectivity index (χ3v) is 2.59. The second kappa shape index (κ2) is 4.79. The van der Waals surface area contributed by atoms with Gasteiger partial charge in [0, 0.05) is 12.7 Å². The molecule has 1 heterocycles. The van der Waals surface area contributed by atoms with Gasteiger partial charge in [-0.05, 0) is 31.0 Å². The molecule has 0 radical (unpaired) electrons. The van der Waals surface area contributed by atoms with Gasteiger partial charge in [-0.2, -0.15) is 0 Å². The molecule has 2 rings (SSSR count). The second-order valence-corrected chi connectivity index (χ2v) is 4.01. The summed E-state index contributed by atoms with van der Waals surface area (Å²) in [7, 11) is 0. The molecule has 0 aliphatic carbocycles. The monoisotopic (exact) mass is 212 g/mol. The number of hydrogen-bond donors (Lipinski definition) is 1. The number of pyridine rings is 1. The fourth-order valence-electron chi connectivity index (χ4n) is 1.56. The van der Waals surface area contributed by atoms with Crippen molar-refractivity contribution in [2.24, 2.45) is 0 Å². The van der Waals surface area contributed by atoms with E-state index in [0.717, 1.165) is 12.4 Å². The molecule has 16 heavy (non-hydrogen) atoms. The molecule has 1 aromatic heterocycles. The first-order chi connectivity index (χ1) is 7.75. The molecule has 0 saturated heterocycles. The van der Waals surface area contributed by atoms with E-state index in [1.165, 1.54) is 16.7 Å². The average Bonchev–Trinajstić information content (AvgIpc) is 2.30. The van der Waals surface area contributed by atoms with E-state index in [0.29, 0.717) is 0 Å². The summed E-state index contributed by atoms with van der Waals surface area (Å²) in [6, 6.07) is 12.5. The molecule has 1 N–H and O–H groups in total. The lowest BCUT2D eigenvalue weighted by atomic mass is 10.1. The van der Waals surface area contributed by atoms with Crippen molar-refractivity contribution in [3.05, 3.63) is 59.3 Å². The lowest BCUT2D eigenvalue weighted by Gasteiger charge is -2.08. The summed E-state index contributed by atoms with van der Waals surface area (Å²) in [6.45, 7) is 4.97. The summed E-state index contributed by atoms with van der Waals surface area (Å²) >= 11 is 0. The molecule has 2 aromatic rings. The predicted molar refractivity (Wildman–Crippen MR) is 67.5 cm³/mol. The van der Waals surface area contributed by atoms with Gasteiger partial charge in [0.15, 0.2) is 0 Å². The highest BCUT2D eigenvalue weighted by atomic mass is 15.0. The minimum atomic E-state index is 0.818. The molecule has 0 atom stereocenters. The highest BCUT2D eigenvalue weighted by Crippen LogP contribution is 2.11. The number of aromatic nitrogens is 1. The van der Waals surface area contributed by atoms with Crippen LogP contribution in [0.25, 0.3) is 0 Å². The molecule has 0 amide bonds. The summed E-state index contributed by atoms with van der Waals surface area (Å²) in [4.78, 5) is 4.30. The number of nitrogens with zero attached hydrogens (tertiary/aromatic N) is 1. The normalized spacial score (nSPS) is 10.1. The van der Waals surface area contributed by atoms with Crippen molar-refractivity contribution >= 4 is 5.82 Å². The van der Waals surface area contributed by atoms with E-state index in [4.69, 9.17) is 0 Å². The van der Waals surface area contributed by atoms with Crippen LogP contribution in [0.4, 0.5) is 5.82 Å². The SMILES string of the molecule is Cc1ccc(CNc2ncccc2C)cc1. The standard InChI is InChI=1S/C14H16N2/c1-11-5-7-13(8-6-11)10-16-14-12(2)4-3-9-15-14/h3-9H,10H2,1-2H3,(H,15,16). The first-order valence-corrected chi connectivity index (χ1v) is 5.47. The third kappa shape index (κ3) is 2.60. The Hall–Kier alpha value is -1.83. The maximum atomic E-state index is 4.30. The molecule has 0 bridgehead atoms. The Labute approximate surface area is 96.4 Å². The number of hydrogen-bond acceptors (Lipinski definition) is 2. The van der Waals surface area contributed by atoms with Crippen molar-refractivity contribution in [2.75, 3.05) is 5.32 Å². The Morgan fingerprint density at radius 3 is 2.50 bits per heavy atom. The molecule has 2 nitrogen and oxygen atoms in total. The summed E-state index contributed by atoms with van der Waals surface area (Å²) in [5.74, 6) is 0.961. The topological polar surface area (TPSA) is 24.9 Å². The smallest absolute Gasteiger partial charge is 0.129 e. The Balaban J connectivity index is 2.02. The van der Waals surface area contributed by atoms with Gasteiger partial charge in [0.2, 0.25) is 0 Å². The van der Waals surface area contributed by atoms with E-state index in [1.54, 1.807) is 0 Å². The van der Waals surface area contributed by atoms with Crippen LogP contribution >= 0.6 is 0 Å². The zero-order chi connectivity index (χ0) is 11.4. The van der Waals surface area contributed by atoms with Gasteiger partial charge < -0.3 is 5.32 Å². The highest BCUT2D eigenvalue weighted by Gasteiger charge is 1.97. The average molecular weight is 212 g/mol. The third-order valence-electron chi connectivity index (χ3n) is 2.59. The molecular formula is C14H16N2. The van der Waals surface area contributed by atoms with Gasteiger partial charge in [-0.1, -0.05) is 35.9 Å². The van der Waals surface area contributed by atoms with Gasteiger partial charge in [-0.25, -0.2) is 4.98 Å². The molecule has 0 saturated carbocycles. The summed E-state index contributed by atoms with van der Waals surface area (Å²) < 4.78 is 0. The summed E-state index contributed by atoms with van der Waals surface area (Å²) in [5, 5.41) is 3.34. The van der Waals surface area contributed by atoms with Crippen LogP contribution < -0.4 is 5.32 Å². The quantitative estimate of drug-likeness (QED) is 0.844. The van der Waals surface area contributed by atoms with Crippen LogP contribution in [-0.4, -0.2) is 4.98 Å². The molecule has 82 valence electrons. The van der Waals surface area contributed by atoms with Crippen LogP contribution in [0, 0.1) is 13.8 Å². The van der Waals surface area contributed by atoms with Crippen LogP contribution in [0.1, 0.15) is 16.7 Å². The van der Waals surface area contributed by atoms with Crippen molar-refractivity contribution in [3.63, 3.8) is 0 Å². The van der Waals surface area contributed by atoms with Gasteiger partial charge in [-0.15, -0.1) is 0 Å². The molecule has 0 aliphatic rings. The van der Waals surface area contributed by atoms with Gasteiger partial charge >= 0.3 is 0 Å². The molecule has 1 aromatic carbocycles. The van der Waals surface area contributed by atoms with Crippen LogP contribution in [0.5, 0.6) is 0 Å². The fourth-order valence-corrected chi connectivity index (χ4v) is 1.56. The maximum Gasteiger partial charge on any atom is 0.129 e. The Morgan fingerprint density at radius 2 is 1.81 bits per heavy atom. The number of nitrogens with one attached hydrogen (secondary N) is 1. The van der Waals surface area contributed by atoms with E-state index in [-0.39, 0.29) is 0 Å². The van der Waals surface area contributed by atoms with E-state index in [9.17, 15) is 0 Å². The minimum absolute atomic E-state index is 0.818. The zero-order valence-corrected chi connectivity index (χ0v) is 9.70. The van der Waals surface area contributed by atoms with Crippen molar-refractivity contribution in [1.29, 1.82) is 0 Å². The van der Waals surface area contributed by atoms with Crippen molar-refractivity contribution < 1.29 is 0 Å². The van der Waals surface area contributed by atoms with Crippen LogP contribution in [0.2, 0.25) is 0 Å².